The van der Waals surface area contributed by atoms with Crippen molar-refractivity contribution in [3.8, 4) is 5.75 Å². The van der Waals surface area contributed by atoms with Crippen LogP contribution in [0.15, 0.2) is 54.6 Å². The Morgan fingerprint density at radius 3 is 2.36 bits per heavy atom. The Labute approximate surface area is 134 Å². The summed E-state index contributed by atoms with van der Waals surface area (Å²) in [4.78, 5) is 10.9. The zero-order valence-corrected chi connectivity index (χ0v) is 14.1. The molecule has 1 rings (SSSR count). The predicted octanol–water partition coefficient (Wildman–Crippen LogP) is 5.56. The van der Waals surface area contributed by atoms with E-state index >= 15 is 0 Å². The molecule has 1 atom stereocenters. The van der Waals surface area contributed by atoms with Crippen LogP contribution in [0.25, 0.3) is 6.08 Å². The van der Waals surface area contributed by atoms with Gasteiger partial charge in [-0.1, -0.05) is 48.9 Å². The van der Waals surface area contributed by atoms with Gasteiger partial charge >= 0.3 is 5.97 Å². The molecule has 1 aromatic rings. The number of rotatable bonds is 7. The summed E-state index contributed by atoms with van der Waals surface area (Å²) in [6, 6.07) is 7.48. The second-order valence-electron chi connectivity index (χ2n) is 6.03. The second kappa shape index (κ2) is 8.38. The lowest BCUT2D eigenvalue weighted by atomic mass is 9.84. The van der Waals surface area contributed by atoms with E-state index in [1.165, 1.54) is 12.5 Å². The van der Waals surface area contributed by atoms with Crippen molar-refractivity contribution in [1.29, 1.82) is 0 Å². The fourth-order valence-corrected chi connectivity index (χ4v) is 2.02. The highest BCUT2D eigenvalue weighted by molar-refractivity contribution is 5.69. The molecule has 22 heavy (non-hydrogen) atoms. The van der Waals surface area contributed by atoms with Gasteiger partial charge in [-0.25, -0.2) is 0 Å². The minimum Gasteiger partial charge on any atom is -0.427 e. The number of hydrogen-bond donors (Lipinski definition) is 0. The fourth-order valence-electron chi connectivity index (χ4n) is 2.02. The lowest BCUT2D eigenvalue weighted by molar-refractivity contribution is -0.131. The van der Waals surface area contributed by atoms with Gasteiger partial charge in [-0.15, -0.1) is 6.58 Å². The topological polar surface area (TPSA) is 26.3 Å². The SMILES string of the molecule is C=C[C@@](C)(/C=C/c1ccc(OC(C)=O)cc1)CCC=C(C)C. The summed E-state index contributed by atoms with van der Waals surface area (Å²) in [5.74, 6) is 0.265. The number of allylic oxidation sites excluding steroid dienone is 4. The van der Waals surface area contributed by atoms with Crippen molar-refractivity contribution in [2.75, 3.05) is 0 Å². The van der Waals surface area contributed by atoms with E-state index in [1.807, 2.05) is 18.2 Å². The van der Waals surface area contributed by atoms with Crippen molar-refractivity contribution in [1.82, 2.24) is 0 Å². The van der Waals surface area contributed by atoms with Crippen LogP contribution in [0.1, 0.15) is 46.1 Å². The van der Waals surface area contributed by atoms with Crippen LogP contribution >= 0.6 is 0 Å². The molecular weight excluding hydrogens is 272 g/mol. The molecule has 0 N–H and O–H groups in total. The molecule has 0 fully saturated rings. The molecule has 0 unspecified atom stereocenters. The minimum absolute atomic E-state index is 0.0273. The quantitative estimate of drug-likeness (QED) is 0.374. The van der Waals surface area contributed by atoms with Gasteiger partial charge in [0.15, 0.2) is 0 Å². The maximum Gasteiger partial charge on any atom is 0.308 e. The molecule has 0 amide bonds. The first-order valence-corrected chi connectivity index (χ1v) is 7.59. The smallest absolute Gasteiger partial charge is 0.308 e. The molecule has 0 aliphatic rings. The number of benzene rings is 1. The van der Waals surface area contributed by atoms with Crippen molar-refractivity contribution >= 4 is 12.0 Å². The summed E-state index contributed by atoms with van der Waals surface area (Å²) in [7, 11) is 0. The second-order valence-corrected chi connectivity index (χ2v) is 6.03. The third-order valence-corrected chi connectivity index (χ3v) is 3.50. The largest absolute Gasteiger partial charge is 0.427 e. The standard InChI is InChI=1S/C20H26O2/c1-6-20(5,14-7-8-16(2)3)15-13-18-9-11-19(12-10-18)22-17(4)21/h6,8-13,15H,1,7,14H2,2-5H3/b15-13+/t20-/m1/s1. The summed E-state index contributed by atoms with van der Waals surface area (Å²) < 4.78 is 5.03. The predicted molar refractivity (Wildman–Crippen MR) is 93.8 cm³/mol. The van der Waals surface area contributed by atoms with Crippen LogP contribution in [0.4, 0.5) is 0 Å². The summed E-state index contributed by atoms with van der Waals surface area (Å²) in [6.07, 6.45) is 10.6. The zero-order chi connectivity index (χ0) is 16.6. The Bertz CT molecular complexity index is 560. The Hall–Kier alpha value is -2.09. The molecule has 0 aliphatic carbocycles. The van der Waals surface area contributed by atoms with Gasteiger partial charge in [0.1, 0.15) is 5.75 Å². The average molecular weight is 298 g/mol. The average Bonchev–Trinajstić information content (AvgIpc) is 2.45. The number of esters is 1. The van der Waals surface area contributed by atoms with Crippen LogP contribution in [0, 0.1) is 5.41 Å². The Morgan fingerprint density at radius 2 is 1.86 bits per heavy atom. The third kappa shape index (κ3) is 6.57. The van der Waals surface area contributed by atoms with Crippen LogP contribution in [-0.4, -0.2) is 5.97 Å². The van der Waals surface area contributed by atoms with E-state index in [4.69, 9.17) is 4.74 Å². The first-order valence-electron chi connectivity index (χ1n) is 7.59. The van der Waals surface area contributed by atoms with Gasteiger partial charge in [0.2, 0.25) is 0 Å². The lowest BCUT2D eigenvalue weighted by Gasteiger charge is -2.20. The number of carbonyl (C=O) groups excluding carboxylic acids is 1. The van der Waals surface area contributed by atoms with Gasteiger partial charge in [0.25, 0.3) is 0 Å². The van der Waals surface area contributed by atoms with E-state index in [2.05, 4.69) is 45.6 Å². The maximum atomic E-state index is 10.9. The summed E-state index contributed by atoms with van der Waals surface area (Å²) in [5.41, 5.74) is 2.39. The molecule has 2 nitrogen and oxygen atoms in total. The molecule has 0 radical (unpaired) electrons. The van der Waals surface area contributed by atoms with E-state index < -0.39 is 0 Å². The summed E-state index contributed by atoms with van der Waals surface area (Å²) in [6.45, 7) is 11.8. The van der Waals surface area contributed by atoms with Crippen molar-refractivity contribution < 1.29 is 9.53 Å². The maximum absolute atomic E-state index is 10.9. The lowest BCUT2D eigenvalue weighted by Crippen LogP contribution is -2.08. The van der Waals surface area contributed by atoms with Crippen LogP contribution in [0.2, 0.25) is 0 Å². The summed E-state index contributed by atoms with van der Waals surface area (Å²) >= 11 is 0. The van der Waals surface area contributed by atoms with E-state index in [0.29, 0.717) is 5.75 Å². The van der Waals surface area contributed by atoms with E-state index in [0.717, 1.165) is 18.4 Å². The first kappa shape index (κ1) is 18.0. The van der Waals surface area contributed by atoms with Crippen molar-refractivity contribution in [3.63, 3.8) is 0 Å². The molecule has 0 aromatic heterocycles. The number of ether oxygens (including phenoxy) is 1. The van der Waals surface area contributed by atoms with Gasteiger partial charge in [-0.2, -0.15) is 0 Å². The molecule has 0 saturated heterocycles. The van der Waals surface area contributed by atoms with Crippen molar-refractivity contribution in [2.45, 2.75) is 40.5 Å². The zero-order valence-electron chi connectivity index (χ0n) is 14.1. The summed E-state index contributed by atoms with van der Waals surface area (Å²) in [5, 5.41) is 0. The van der Waals surface area contributed by atoms with E-state index in [-0.39, 0.29) is 11.4 Å². The molecular formula is C20H26O2. The molecule has 118 valence electrons. The molecule has 0 bridgehead atoms. The monoisotopic (exact) mass is 298 g/mol. The normalized spacial score (nSPS) is 13.5. The van der Waals surface area contributed by atoms with Crippen LogP contribution in [0.5, 0.6) is 5.75 Å². The third-order valence-electron chi connectivity index (χ3n) is 3.50. The van der Waals surface area contributed by atoms with E-state index in [9.17, 15) is 4.79 Å². The van der Waals surface area contributed by atoms with Gasteiger partial charge in [0, 0.05) is 12.3 Å². The molecule has 2 heteroatoms. The van der Waals surface area contributed by atoms with Crippen LogP contribution < -0.4 is 4.74 Å². The Morgan fingerprint density at radius 1 is 1.23 bits per heavy atom. The van der Waals surface area contributed by atoms with Crippen molar-refractivity contribution in [3.05, 3.63) is 60.2 Å². The first-order chi connectivity index (χ1) is 10.3. The molecule has 1 aromatic carbocycles. The molecule has 0 aliphatic heterocycles. The van der Waals surface area contributed by atoms with Gasteiger partial charge in [0.05, 0.1) is 0 Å². The molecule has 0 heterocycles. The Kier molecular flexibility index (Phi) is 6.84. The molecule has 0 saturated carbocycles. The van der Waals surface area contributed by atoms with E-state index in [1.54, 1.807) is 12.1 Å². The number of hydrogen-bond acceptors (Lipinski definition) is 2. The highest BCUT2D eigenvalue weighted by Crippen LogP contribution is 2.28. The number of carbonyl (C=O) groups is 1. The van der Waals surface area contributed by atoms with Crippen molar-refractivity contribution in [2.24, 2.45) is 5.41 Å². The van der Waals surface area contributed by atoms with Crippen LogP contribution in [-0.2, 0) is 4.79 Å². The van der Waals surface area contributed by atoms with Gasteiger partial charge < -0.3 is 4.74 Å². The highest BCUT2D eigenvalue weighted by Gasteiger charge is 2.14. The Balaban J connectivity index is 2.73. The highest BCUT2D eigenvalue weighted by atomic mass is 16.5. The van der Waals surface area contributed by atoms with Gasteiger partial charge in [-0.05, 0) is 44.4 Å². The molecule has 0 spiro atoms. The van der Waals surface area contributed by atoms with Gasteiger partial charge in [-0.3, -0.25) is 4.79 Å². The van der Waals surface area contributed by atoms with Crippen LogP contribution in [0.3, 0.4) is 0 Å². The minimum atomic E-state index is -0.304. The fraction of sp³-hybridized carbons (Fsp3) is 0.350.